The number of nitrogens with one attached hydrogen (secondary N) is 1. The van der Waals surface area contributed by atoms with Crippen molar-refractivity contribution >= 4 is 17.5 Å². The number of nitrogens with zero attached hydrogens (tertiary/aromatic N) is 3. The molecule has 0 spiro atoms. The van der Waals surface area contributed by atoms with Crippen molar-refractivity contribution in [2.24, 2.45) is 11.8 Å². The molecule has 1 saturated carbocycles. The number of carbonyl (C=O) groups is 2. The molecule has 7 nitrogen and oxygen atoms in total. The molecule has 1 fully saturated rings. The minimum absolute atomic E-state index is 0.0669. The maximum absolute atomic E-state index is 13.7. The number of aryl methyl sites for hydroxylation is 1. The van der Waals surface area contributed by atoms with Crippen LogP contribution in [-0.4, -0.2) is 41.3 Å². The van der Waals surface area contributed by atoms with Gasteiger partial charge in [-0.2, -0.15) is 5.10 Å². The van der Waals surface area contributed by atoms with Crippen molar-refractivity contribution in [3.8, 4) is 16.9 Å². The normalized spacial score (nSPS) is 17.5. The van der Waals surface area contributed by atoms with E-state index in [9.17, 15) is 9.59 Å². The van der Waals surface area contributed by atoms with Gasteiger partial charge in [-0.05, 0) is 97.0 Å². The van der Waals surface area contributed by atoms with Crippen LogP contribution >= 0.6 is 0 Å². The molecule has 1 aliphatic carbocycles. The van der Waals surface area contributed by atoms with Gasteiger partial charge in [0.2, 0.25) is 5.91 Å². The number of carbonyl (C=O) groups excluding carboxylic acids is 2. The number of aromatic nitrogens is 2. The van der Waals surface area contributed by atoms with Gasteiger partial charge in [0.15, 0.2) is 0 Å². The highest BCUT2D eigenvalue weighted by Crippen LogP contribution is 2.57. The van der Waals surface area contributed by atoms with Crippen molar-refractivity contribution in [1.29, 1.82) is 0 Å². The van der Waals surface area contributed by atoms with Crippen LogP contribution in [0.25, 0.3) is 11.1 Å². The Kier molecular flexibility index (Phi) is 8.06. The highest BCUT2D eigenvalue weighted by atomic mass is 16.5. The topological polar surface area (TPSA) is 76.5 Å². The lowest BCUT2D eigenvalue weighted by Gasteiger charge is -2.31. The minimum Gasteiger partial charge on any atom is -0.493 e. The maximum Gasteiger partial charge on any atom is 0.251 e. The predicted molar refractivity (Wildman–Crippen MR) is 170 cm³/mol. The molecule has 3 atom stereocenters. The van der Waals surface area contributed by atoms with Crippen LogP contribution in [0.5, 0.6) is 5.75 Å². The summed E-state index contributed by atoms with van der Waals surface area (Å²) in [5, 5.41) is 7.52. The number of benzene rings is 3. The van der Waals surface area contributed by atoms with E-state index in [-0.39, 0.29) is 17.7 Å². The van der Waals surface area contributed by atoms with Crippen molar-refractivity contribution in [3.63, 3.8) is 0 Å². The molecular weight excluding hydrogens is 536 g/mol. The van der Waals surface area contributed by atoms with Gasteiger partial charge >= 0.3 is 0 Å². The van der Waals surface area contributed by atoms with Gasteiger partial charge in [-0.1, -0.05) is 43.3 Å². The summed E-state index contributed by atoms with van der Waals surface area (Å²) < 4.78 is 8.03. The van der Waals surface area contributed by atoms with Crippen LogP contribution in [0.2, 0.25) is 0 Å². The fourth-order valence-electron chi connectivity index (χ4n) is 6.23. The van der Waals surface area contributed by atoms with Crippen molar-refractivity contribution in [2.45, 2.75) is 53.0 Å². The SMILES string of the molecule is CCNC(=O)c1cccc(Cn2cc(-c3cccc4c3[C@H]3C[C@H]3CN4C(=O)CC(C)COc3cccc(C)c3C)cn2)c1. The second kappa shape index (κ2) is 12.1. The van der Waals surface area contributed by atoms with E-state index in [1.165, 1.54) is 11.1 Å². The molecule has 2 amide bonds. The van der Waals surface area contributed by atoms with Gasteiger partial charge in [-0.25, -0.2) is 0 Å². The number of anilines is 1. The summed E-state index contributed by atoms with van der Waals surface area (Å²) in [6, 6.07) is 20.1. The van der Waals surface area contributed by atoms with Crippen LogP contribution < -0.4 is 15.0 Å². The molecule has 0 saturated heterocycles. The Morgan fingerprint density at radius 3 is 2.74 bits per heavy atom. The molecule has 2 aliphatic rings. The molecular formula is C36H40N4O3. The van der Waals surface area contributed by atoms with E-state index in [2.05, 4.69) is 61.6 Å². The predicted octanol–water partition coefficient (Wildman–Crippen LogP) is 6.52. The fraction of sp³-hybridized carbons (Fsp3) is 0.361. The van der Waals surface area contributed by atoms with E-state index < -0.39 is 0 Å². The van der Waals surface area contributed by atoms with Gasteiger partial charge in [-0.3, -0.25) is 14.3 Å². The van der Waals surface area contributed by atoms with Crippen LogP contribution in [0.15, 0.2) is 73.1 Å². The van der Waals surface area contributed by atoms with Gasteiger partial charge < -0.3 is 15.0 Å². The zero-order valence-corrected chi connectivity index (χ0v) is 25.5. The average molecular weight is 577 g/mol. The fourth-order valence-corrected chi connectivity index (χ4v) is 6.23. The monoisotopic (exact) mass is 576 g/mol. The Bertz CT molecular complexity index is 1660. The van der Waals surface area contributed by atoms with Crippen molar-refractivity contribution in [3.05, 3.63) is 101 Å². The number of rotatable bonds is 10. The molecule has 6 rings (SSSR count). The van der Waals surface area contributed by atoms with Gasteiger partial charge in [0.25, 0.3) is 5.91 Å². The Balaban J connectivity index is 1.17. The second-order valence-corrected chi connectivity index (χ2v) is 12.1. The Morgan fingerprint density at radius 1 is 1.09 bits per heavy atom. The summed E-state index contributed by atoms with van der Waals surface area (Å²) in [6.07, 6.45) is 5.53. The van der Waals surface area contributed by atoms with E-state index in [0.717, 1.165) is 46.7 Å². The number of fused-ring (bicyclic) bond motifs is 3. The molecule has 4 aromatic rings. The van der Waals surface area contributed by atoms with Crippen LogP contribution in [0.1, 0.15) is 65.2 Å². The Morgan fingerprint density at radius 2 is 1.91 bits per heavy atom. The molecule has 3 aromatic carbocycles. The molecule has 1 aliphatic heterocycles. The van der Waals surface area contributed by atoms with E-state index in [4.69, 9.17) is 4.74 Å². The Hall–Kier alpha value is -4.39. The quantitative estimate of drug-likeness (QED) is 0.233. The standard InChI is InChI=1S/C36H40N4O3/c1-5-37-36(42)27-11-7-10-26(16-27)19-39-20-29(18-38-39)30-12-8-13-32-35(30)31-17-28(31)21-40(32)34(41)15-23(2)22-43-33-14-6-9-24(3)25(33)4/h6-14,16,18,20,23,28,31H,5,15,17,19,21-22H2,1-4H3,(H,37,42)/t23?,28-,31-/m0/s1. The number of ether oxygens (including phenoxy) is 1. The van der Waals surface area contributed by atoms with E-state index >= 15 is 0 Å². The van der Waals surface area contributed by atoms with E-state index in [0.29, 0.717) is 43.5 Å². The van der Waals surface area contributed by atoms with Crippen LogP contribution in [-0.2, 0) is 11.3 Å². The molecule has 0 bridgehead atoms. The first-order valence-corrected chi connectivity index (χ1v) is 15.3. The molecule has 222 valence electrons. The molecule has 2 heterocycles. The molecule has 1 aromatic heterocycles. The first kappa shape index (κ1) is 28.7. The Labute approximate surface area is 253 Å². The summed E-state index contributed by atoms with van der Waals surface area (Å²) in [6.45, 7) is 10.6. The highest BCUT2D eigenvalue weighted by Gasteiger charge is 2.47. The van der Waals surface area contributed by atoms with E-state index in [1.54, 1.807) is 0 Å². The smallest absolute Gasteiger partial charge is 0.251 e. The number of amides is 2. The van der Waals surface area contributed by atoms with E-state index in [1.807, 2.05) is 59.1 Å². The first-order chi connectivity index (χ1) is 20.8. The largest absolute Gasteiger partial charge is 0.493 e. The lowest BCUT2D eigenvalue weighted by atomic mass is 9.92. The number of hydrogen-bond donors (Lipinski definition) is 1. The third-order valence-electron chi connectivity index (χ3n) is 8.80. The van der Waals surface area contributed by atoms with Crippen molar-refractivity contribution in [2.75, 3.05) is 24.6 Å². The molecule has 43 heavy (non-hydrogen) atoms. The third kappa shape index (κ3) is 6.07. The summed E-state index contributed by atoms with van der Waals surface area (Å²) in [5.41, 5.74) is 8.52. The lowest BCUT2D eigenvalue weighted by molar-refractivity contribution is -0.119. The molecule has 7 heteroatoms. The zero-order chi connectivity index (χ0) is 30.1. The highest BCUT2D eigenvalue weighted by molar-refractivity contribution is 5.97. The van der Waals surface area contributed by atoms with Gasteiger partial charge in [-0.15, -0.1) is 0 Å². The lowest BCUT2D eigenvalue weighted by Crippen LogP contribution is -2.37. The van der Waals surface area contributed by atoms with Gasteiger partial charge in [0, 0.05) is 42.5 Å². The summed E-state index contributed by atoms with van der Waals surface area (Å²) in [7, 11) is 0. The van der Waals surface area contributed by atoms with Crippen LogP contribution in [0.4, 0.5) is 5.69 Å². The van der Waals surface area contributed by atoms with Crippen LogP contribution in [0.3, 0.4) is 0 Å². The third-order valence-corrected chi connectivity index (χ3v) is 8.80. The van der Waals surface area contributed by atoms with Gasteiger partial charge in [0.1, 0.15) is 5.75 Å². The second-order valence-electron chi connectivity index (χ2n) is 12.1. The van der Waals surface area contributed by atoms with Crippen LogP contribution in [0, 0.1) is 25.7 Å². The molecule has 1 unspecified atom stereocenters. The van der Waals surface area contributed by atoms with Crippen molar-refractivity contribution in [1.82, 2.24) is 15.1 Å². The van der Waals surface area contributed by atoms with Gasteiger partial charge in [0.05, 0.1) is 19.3 Å². The summed E-state index contributed by atoms with van der Waals surface area (Å²) in [4.78, 5) is 28.0. The number of hydrogen-bond acceptors (Lipinski definition) is 4. The average Bonchev–Trinajstić information content (AvgIpc) is 3.65. The summed E-state index contributed by atoms with van der Waals surface area (Å²) >= 11 is 0. The minimum atomic E-state index is -0.0669. The maximum atomic E-state index is 13.7. The molecule has 1 N–H and O–H groups in total. The molecule has 0 radical (unpaired) electrons. The van der Waals surface area contributed by atoms with Crippen molar-refractivity contribution < 1.29 is 14.3 Å². The zero-order valence-electron chi connectivity index (χ0n) is 25.5. The first-order valence-electron chi connectivity index (χ1n) is 15.3. The summed E-state index contributed by atoms with van der Waals surface area (Å²) in [5.74, 6) is 2.07.